The van der Waals surface area contributed by atoms with Gasteiger partial charge in [-0.1, -0.05) is 36.4 Å². The van der Waals surface area contributed by atoms with Gasteiger partial charge >= 0.3 is 17.9 Å². The van der Waals surface area contributed by atoms with Crippen LogP contribution < -0.4 is 14.4 Å². The molecular weight excluding hydrogens is 430 g/mol. The van der Waals surface area contributed by atoms with E-state index in [0.29, 0.717) is 4.90 Å². The van der Waals surface area contributed by atoms with E-state index in [1.807, 2.05) is 0 Å². The Kier molecular flexibility index (Phi) is 6.03. The number of anilines is 1. The van der Waals surface area contributed by atoms with Crippen LogP contribution in [0.1, 0.15) is 0 Å². The van der Waals surface area contributed by atoms with Gasteiger partial charge in [-0.3, -0.25) is 10.1 Å². The average molecular weight is 445 g/mol. The Balaban J connectivity index is 1.79. The molecule has 0 spiro atoms. The van der Waals surface area contributed by atoms with Crippen LogP contribution in [0.5, 0.6) is 11.5 Å². The van der Waals surface area contributed by atoms with Crippen molar-refractivity contribution in [3.05, 3.63) is 101 Å². The second-order valence-electron chi connectivity index (χ2n) is 6.42. The maximum atomic E-state index is 13.0. The molecule has 11 nitrogen and oxygen atoms in total. The van der Waals surface area contributed by atoms with Gasteiger partial charge in [-0.05, 0) is 36.4 Å². The Morgan fingerprint density at radius 1 is 0.848 bits per heavy atom. The molecule has 4 aromatic rings. The van der Waals surface area contributed by atoms with Crippen LogP contribution in [-0.4, -0.2) is 31.9 Å². The van der Waals surface area contributed by atoms with Gasteiger partial charge in [0.05, 0.1) is 4.92 Å². The summed E-state index contributed by atoms with van der Waals surface area (Å²) in [4.78, 5) is 41.5. The molecule has 11 heteroatoms. The van der Waals surface area contributed by atoms with Crippen LogP contribution in [0.4, 0.5) is 21.1 Å². The Labute approximate surface area is 186 Å². The van der Waals surface area contributed by atoms with Crippen LogP contribution in [0.3, 0.4) is 0 Å². The zero-order chi connectivity index (χ0) is 23.2. The minimum Gasteiger partial charge on any atom is -0.410 e. The summed E-state index contributed by atoms with van der Waals surface area (Å²) in [6, 6.07) is 19.9. The van der Waals surface area contributed by atoms with Crippen molar-refractivity contribution in [3.63, 3.8) is 0 Å². The molecule has 2 amide bonds. The third-order valence-corrected chi connectivity index (χ3v) is 4.25. The Hall–Kier alpha value is -5.06. The van der Waals surface area contributed by atoms with Gasteiger partial charge < -0.3 is 9.47 Å². The number of imide groups is 1. The first-order valence-electron chi connectivity index (χ1n) is 9.52. The lowest BCUT2D eigenvalue weighted by molar-refractivity contribution is -0.384. The fraction of sp³-hybridized carbons (Fsp3) is 0. The minimum atomic E-state index is -1.24. The number of hydrogen-bond acceptors (Lipinski definition) is 8. The third-order valence-electron chi connectivity index (χ3n) is 4.25. The van der Waals surface area contributed by atoms with Gasteiger partial charge in [0.1, 0.15) is 11.5 Å². The number of amides is 2. The fourth-order valence-electron chi connectivity index (χ4n) is 2.79. The summed E-state index contributed by atoms with van der Waals surface area (Å²) < 4.78 is 11.8. The summed E-state index contributed by atoms with van der Waals surface area (Å²) >= 11 is 0. The molecular formula is C22H15N5O6. The minimum absolute atomic E-state index is 0.117. The van der Waals surface area contributed by atoms with Crippen LogP contribution in [0.2, 0.25) is 0 Å². The van der Waals surface area contributed by atoms with E-state index in [9.17, 15) is 19.7 Å². The molecule has 0 radical (unpaired) electrons. The first kappa shape index (κ1) is 21.2. The zero-order valence-electron chi connectivity index (χ0n) is 16.8. The van der Waals surface area contributed by atoms with Crippen molar-refractivity contribution in [3.8, 4) is 17.3 Å². The quantitative estimate of drug-likeness (QED) is 0.327. The molecule has 2 heterocycles. The highest BCUT2D eigenvalue weighted by atomic mass is 16.6. The normalized spacial score (nSPS) is 10.3. The standard InChI is InChI=1S/C22H15N5O6/c28-21(32-16-8-3-1-4-9-16)26(22(29)33-17-10-5-2-6-11-17)20-18(27(30)31)12-13-19(24-20)25-15-7-14-23-25/h1-15H. The fourth-order valence-corrected chi connectivity index (χ4v) is 2.79. The third kappa shape index (κ3) is 4.82. The molecule has 0 aliphatic heterocycles. The molecule has 0 bridgehead atoms. The first-order chi connectivity index (χ1) is 16.0. The lowest BCUT2D eigenvalue weighted by atomic mass is 10.3. The predicted octanol–water partition coefficient (Wildman–Crippen LogP) is 4.38. The van der Waals surface area contributed by atoms with Crippen molar-refractivity contribution < 1.29 is 24.0 Å². The summed E-state index contributed by atoms with van der Waals surface area (Å²) in [5.74, 6) is -0.225. The number of rotatable bonds is 5. The molecule has 0 saturated heterocycles. The van der Waals surface area contributed by atoms with Crippen molar-refractivity contribution in [2.24, 2.45) is 0 Å². The molecule has 0 aliphatic rings. The Bertz CT molecular complexity index is 1230. The van der Waals surface area contributed by atoms with E-state index >= 15 is 0 Å². The lowest BCUT2D eigenvalue weighted by Crippen LogP contribution is -2.42. The summed E-state index contributed by atoms with van der Waals surface area (Å²) in [7, 11) is 0. The van der Waals surface area contributed by atoms with Gasteiger partial charge in [-0.15, -0.1) is 0 Å². The van der Waals surface area contributed by atoms with Gasteiger partial charge in [0.25, 0.3) is 0 Å². The molecule has 4 rings (SSSR count). The highest BCUT2D eigenvalue weighted by Gasteiger charge is 2.35. The number of para-hydroxylation sites is 2. The second kappa shape index (κ2) is 9.39. The molecule has 33 heavy (non-hydrogen) atoms. The van der Waals surface area contributed by atoms with Crippen molar-refractivity contribution in [1.82, 2.24) is 14.8 Å². The number of benzene rings is 2. The van der Waals surface area contributed by atoms with Crippen LogP contribution >= 0.6 is 0 Å². The molecule has 0 atom stereocenters. The summed E-state index contributed by atoms with van der Waals surface area (Å²) in [5.41, 5.74) is -0.610. The van der Waals surface area contributed by atoms with Crippen LogP contribution in [0, 0.1) is 10.1 Å². The number of nitrogens with zero attached hydrogens (tertiary/aromatic N) is 5. The van der Waals surface area contributed by atoms with Gasteiger partial charge in [0, 0.05) is 18.5 Å². The molecule has 0 fully saturated rings. The van der Waals surface area contributed by atoms with Crippen molar-refractivity contribution in [2.45, 2.75) is 0 Å². The largest absolute Gasteiger partial charge is 0.430 e. The Morgan fingerprint density at radius 2 is 1.42 bits per heavy atom. The number of nitro groups is 1. The highest BCUT2D eigenvalue weighted by molar-refractivity contribution is 6.11. The topological polar surface area (TPSA) is 130 Å². The van der Waals surface area contributed by atoms with E-state index in [-0.39, 0.29) is 17.3 Å². The van der Waals surface area contributed by atoms with Crippen molar-refractivity contribution >= 4 is 23.7 Å². The number of aromatic nitrogens is 3. The van der Waals surface area contributed by atoms with E-state index in [1.54, 1.807) is 48.7 Å². The summed E-state index contributed by atoms with van der Waals surface area (Å²) in [6.07, 6.45) is 0.548. The molecule has 2 aromatic heterocycles. The molecule has 0 N–H and O–H groups in total. The molecule has 164 valence electrons. The molecule has 2 aromatic carbocycles. The van der Waals surface area contributed by atoms with Gasteiger partial charge in [-0.25, -0.2) is 19.3 Å². The smallest absolute Gasteiger partial charge is 0.410 e. The SMILES string of the molecule is O=C(Oc1ccccc1)N(C(=O)Oc1ccccc1)c1nc(-n2cccn2)ccc1[N+](=O)[O-]. The van der Waals surface area contributed by atoms with E-state index < -0.39 is 28.6 Å². The number of carbonyl (C=O) groups excluding carboxylic acids is 2. The van der Waals surface area contributed by atoms with E-state index in [0.717, 1.165) is 6.07 Å². The highest BCUT2D eigenvalue weighted by Crippen LogP contribution is 2.29. The van der Waals surface area contributed by atoms with Gasteiger partial charge in [0.15, 0.2) is 5.82 Å². The number of pyridine rings is 1. The maximum Gasteiger partial charge on any atom is 0.430 e. The maximum absolute atomic E-state index is 13.0. The zero-order valence-corrected chi connectivity index (χ0v) is 16.8. The number of hydrogen-bond donors (Lipinski definition) is 0. The van der Waals surface area contributed by atoms with E-state index in [2.05, 4.69) is 10.1 Å². The molecule has 0 saturated carbocycles. The van der Waals surface area contributed by atoms with Gasteiger partial charge in [0.2, 0.25) is 5.82 Å². The average Bonchev–Trinajstić information content (AvgIpc) is 3.35. The summed E-state index contributed by atoms with van der Waals surface area (Å²) in [5, 5.41) is 15.7. The van der Waals surface area contributed by atoms with E-state index in [1.165, 1.54) is 41.2 Å². The second-order valence-corrected chi connectivity index (χ2v) is 6.42. The first-order valence-corrected chi connectivity index (χ1v) is 9.52. The predicted molar refractivity (Wildman–Crippen MR) is 115 cm³/mol. The van der Waals surface area contributed by atoms with E-state index in [4.69, 9.17) is 9.47 Å². The van der Waals surface area contributed by atoms with Crippen LogP contribution in [0.25, 0.3) is 5.82 Å². The van der Waals surface area contributed by atoms with Crippen molar-refractivity contribution in [2.75, 3.05) is 4.90 Å². The van der Waals surface area contributed by atoms with Crippen molar-refractivity contribution in [1.29, 1.82) is 0 Å². The van der Waals surface area contributed by atoms with Gasteiger partial charge in [-0.2, -0.15) is 10.00 Å². The molecule has 0 aliphatic carbocycles. The summed E-state index contributed by atoms with van der Waals surface area (Å²) in [6.45, 7) is 0. The molecule has 0 unspecified atom stereocenters. The lowest BCUT2D eigenvalue weighted by Gasteiger charge is -2.19. The monoisotopic (exact) mass is 445 g/mol. The Morgan fingerprint density at radius 3 is 1.91 bits per heavy atom. The van der Waals surface area contributed by atoms with Crippen LogP contribution in [-0.2, 0) is 0 Å². The number of ether oxygens (including phenoxy) is 2. The number of carbonyl (C=O) groups is 2. The van der Waals surface area contributed by atoms with Crippen LogP contribution in [0.15, 0.2) is 91.3 Å².